The molecule has 0 bridgehead atoms. The largest absolute Gasteiger partial charge is 0.492 e. The Balaban J connectivity index is 1.73. The van der Waals surface area contributed by atoms with Crippen LogP contribution in [0.25, 0.3) is 21.8 Å². The van der Waals surface area contributed by atoms with E-state index < -0.39 is 5.97 Å². The van der Waals surface area contributed by atoms with Gasteiger partial charge in [0.15, 0.2) is 0 Å². The summed E-state index contributed by atoms with van der Waals surface area (Å²) in [7, 11) is 0. The Kier molecular flexibility index (Phi) is 5.30. The normalized spacial score (nSPS) is 14.8. The molecular weight excluding hydrogens is 440 g/mol. The van der Waals surface area contributed by atoms with Crippen molar-refractivity contribution < 1.29 is 24.0 Å². The Morgan fingerprint density at radius 3 is 2.73 bits per heavy atom. The van der Waals surface area contributed by atoms with Gasteiger partial charge in [-0.25, -0.2) is 4.79 Å². The zero-order valence-corrected chi connectivity index (χ0v) is 18.9. The Bertz CT molecular complexity index is 1460. The van der Waals surface area contributed by atoms with Crippen molar-refractivity contribution in [1.82, 2.24) is 4.57 Å². The minimum atomic E-state index is -0.593. The summed E-state index contributed by atoms with van der Waals surface area (Å²) in [5, 5.41) is 7.25. The second-order valence-electron chi connectivity index (χ2n) is 7.67. The molecule has 0 unspecified atom stereocenters. The average Bonchev–Trinajstić information content (AvgIpc) is 3.42. The molecule has 1 aliphatic rings. The van der Waals surface area contributed by atoms with Crippen molar-refractivity contribution >= 4 is 56.4 Å². The molecule has 4 aromatic rings. The van der Waals surface area contributed by atoms with E-state index in [2.05, 4.69) is 9.72 Å². The van der Waals surface area contributed by atoms with Crippen LogP contribution < -0.4 is 4.74 Å². The molecule has 0 amide bonds. The van der Waals surface area contributed by atoms with Gasteiger partial charge < -0.3 is 14.1 Å². The van der Waals surface area contributed by atoms with E-state index in [1.807, 2.05) is 48.7 Å². The lowest BCUT2D eigenvalue weighted by Crippen LogP contribution is -2.15. The van der Waals surface area contributed by atoms with Gasteiger partial charge in [-0.1, -0.05) is 11.2 Å². The maximum atomic E-state index is 13.2. The number of Topliss-reactive ketones (excluding diaryl/α,β-unsaturated/α-hetero) is 1. The fourth-order valence-corrected chi connectivity index (χ4v) is 4.93. The Labute approximate surface area is 193 Å². The van der Waals surface area contributed by atoms with Gasteiger partial charge in [-0.2, -0.15) is 0 Å². The maximum Gasteiger partial charge on any atom is 0.331 e. The molecule has 0 aliphatic carbocycles. The van der Waals surface area contributed by atoms with Crippen molar-refractivity contribution in [3.63, 3.8) is 0 Å². The van der Waals surface area contributed by atoms with Gasteiger partial charge in [0, 0.05) is 36.4 Å². The number of hydrogen-bond acceptors (Lipinski definition) is 7. The summed E-state index contributed by atoms with van der Waals surface area (Å²) in [6, 6.07) is 12.9. The highest BCUT2D eigenvalue weighted by Gasteiger charge is 2.28. The van der Waals surface area contributed by atoms with Gasteiger partial charge in [-0.3, -0.25) is 9.59 Å². The molecule has 2 aromatic carbocycles. The molecule has 8 heteroatoms. The standard InChI is InChI=1S/C25H20N2O5S/c1-3-27-19-8-6-15(23(29)21-5-4-12-33-21)13-17(19)22-20(27)9-7-16-24(30)18(26-32-14(2)28)10-11-31-25(16)22/h4-9,12-13H,3,10-11H2,1-2H3/b26-18+. The van der Waals surface area contributed by atoms with Crippen LogP contribution in [0, 0.1) is 0 Å². The van der Waals surface area contributed by atoms with Gasteiger partial charge in [0.25, 0.3) is 0 Å². The summed E-state index contributed by atoms with van der Waals surface area (Å²) >= 11 is 1.40. The van der Waals surface area contributed by atoms with Crippen LogP contribution in [0.2, 0.25) is 0 Å². The minimum Gasteiger partial charge on any atom is -0.492 e. The number of nitrogens with zero attached hydrogens (tertiary/aromatic N) is 2. The summed E-state index contributed by atoms with van der Waals surface area (Å²) in [6.45, 7) is 4.20. The molecule has 2 aromatic heterocycles. The first-order chi connectivity index (χ1) is 16.0. The number of benzene rings is 2. The highest BCUT2D eigenvalue weighted by molar-refractivity contribution is 7.12. The summed E-state index contributed by atoms with van der Waals surface area (Å²) in [6.07, 6.45) is 0.219. The second kappa shape index (κ2) is 8.29. The van der Waals surface area contributed by atoms with E-state index >= 15 is 0 Å². The zero-order valence-electron chi connectivity index (χ0n) is 18.1. The molecule has 0 N–H and O–H groups in total. The van der Waals surface area contributed by atoms with Gasteiger partial charge in [-0.15, -0.1) is 11.3 Å². The molecule has 1 aliphatic heterocycles. The lowest BCUT2D eigenvalue weighted by atomic mass is 10.0. The molecule has 7 nitrogen and oxygen atoms in total. The number of thiophene rings is 1. The predicted molar refractivity (Wildman–Crippen MR) is 127 cm³/mol. The Morgan fingerprint density at radius 1 is 1.18 bits per heavy atom. The molecule has 3 heterocycles. The van der Waals surface area contributed by atoms with E-state index in [9.17, 15) is 14.4 Å². The number of carbonyl (C=O) groups excluding carboxylic acids is 3. The molecule has 0 atom stereocenters. The van der Waals surface area contributed by atoms with Crippen LogP contribution in [-0.2, 0) is 16.2 Å². The number of aryl methyl sites for hydroxylation is 1. The second-order valence-corrected chi connectivity index (χ2v) is 8.62. The number of aromatic nitrogens is 1. The van der Waals surface area contributed by atoms with Crippen LogP contribution in [0.1, 0.15) is 45.9 Å². The lowest BCUT2D eigenvalue weighted by molar-refractivity contribution is -0.140. The average molecular weight is 461 g/mol. The summed E-state index contributed by atoms with van der Waals surface area (Å²) < 4.78 is 8.21. The van der Waals surface area contributed by atoms with E-state index in [-0.39, 0.29) is 30.3 Å². The Morgan fingerprint density at radius 2 is 2.00 bits per heavy atom. The van der Waals surface area contributed by atoms with E-state index in [1.54, 1.807) is 6.07 Å². The number of oxime groups is 1. The smallest absolute Gasteiger partial charge is 0.331 e. The first kappa shape index (κ1) is 21.1. The van der Waals surface area contributed by atoms with Crippen molar-refractivity contribution in [1.29, 1.82) is 0 Å². The fourth-order valence-electron chi connectivity index (χ4n) is 4.24. The van der Waals surface area contributed by atoms with Crippen molar-refractivity contribution in [3.05, 3.63) is 63.8 Å². The van der Waals surface area contributed by atoms with Gasteiger partial charge in [0.1, 0.15) is 11.5 Å². The van der Waals surface area contributed by atoms with Gasteiger partial charge in [-0.05, 0) is 48.7 Å². The molecular formula is C25H20N2O5S. The van der Waals surface area contributed by atoms with Crippen molar-refractivity contribution in [2.75, 3.05) is 6.61 Å². The molecule has 0 spiro atoms. The van der Waals surface area contributed by atoms with Gasteiger partial charge in [0.2, 0.25) is 11.6 Å². The zero-order chi connectivity index (χ0) is 23.1. The summed E-state index contributed by atoms with van der Waals surface area (Å²) in [4.78, 5) is 42.7. The third-order valence-electron chi connectivity index (χ3n) is 5.68. The molecule has 0 saturated carbocycles. The minimum absolute atomic E-state index is 0.0425. The Hall–Kier alpha value is -3.78. The summed E-state index contributed by atoms with van der Waals surface area (Å²) in [5.74, 6) is -0.512. The third kappa shape index (κ3) is 3.52. The topological polar surface area (TPSA) is 87.0 Å². The molecule has 5 rings (SSSR count). The monoisotopic (exact) mass is 460 g/mol. The van der Waals surface area contributed by atoms with Crippen molar-refractivity contribution in [2.45, 2.75) is 26.8 Å². The maximum absolute atomic E-state index is 13.2. The molecule has 0 radical (unpaired) electrons. The van der Waals surface area contributed by atoms with Crippen LogP contribution in [0.4, 0.5) is 0 Å². The van der Waals surface area contributed by atoms with Crippen molar-refractivity contribution in [3.8, 4) is 5.75 Å². The van der Waals surface area contributed by atoms with Crippen LogP contribution >= 0.6 is 11.3 Å². The highest BCUT2D eigenvalue weighted by Crippen LogP contribution is 2.40. The first-order valence-corrected chi connectivity index (χ1v) is 11.5. The molecule has 33 heavy (non-hydrogen) atoms. The SMILES string of the molecule is CCn1c2ccc(C(=O)c3cccs3)cc2c2c3c(ccc21)C(=O)/C(=N/OC(C)=O)CCO3. The van der Waals surface area contributed by atoms with Crippen LogP contribution in [0.15, 0.2) is 53.0 Å². The fraction of sp³-hybridized carbons (Fsp3) is 0.200. The summed E-state index contributed by atoms with van der Waals surface area (Å²) in [5.41, 5.74) is 2.94. The molecule has 166 valence electrons. The van der Waals surface area contributed by atoms with Gasteiger partial charge >= 0.3 is 5.97 Å². The quantitative estimate of drug-likeness (QED) is 0.243. The number of carbonyl (C=O) groups is 3. The van der Waals surface area contributed by atoms with E-state index in [0.29, 0.717) is 28.3 Å². The van der Waals surface area contributed by atoms with Crippen molar-refractivity contribution in [2.24, 2.45) is 5.16 Å². The lowest BCUT2D eigenvalue weighted by Gasteiger charge is -2.09. The van der Waals surface area contributed by atoms with Crippen LogP contribution in [-0.4, -0.2) is 34.4 Å². The number of hydrogen-bond donors (Lipinski definition) is 0. The molecule has 0 saturated heterocycles. The van der Waals surface area contributed by atoms with Crippen LogP contribution in [0.3, 0.4) is 0 Å². The number of ether oxygens (including phenoxy) is 1. The van der Waals surface area contributed by atoms with E-state index in [1.165, 1.54) is 18.3 Å². The number of fused-ring (bicyclic) bond motifs is 5. The molecule has 0 fully saturated rings. The first-order valence-electron chi connectivity index (χ1n) is 10.6. The van der Waals surface area contributed by atoms with Crippen LogP contribution in [0.5, 0.6) is 5.75 Å². The third-order valence-corrected chi connectivity index (χ3v) is 6.55. The van der Waals surface area contributed by atoms with E-state index in [4.69, 9.17) is 9.57 Å². The number of ketones is 2. The number of rotatable bonds is 4. The van der Waals surface area contributed by atoms with E-state index in [0.717, 1.165) is 21.8 Å². The van der Waals surface area contributed by atoms with Gasteiger partial charge in [0.05, 0.1) is 28.0 Å². The highest BCUT2D eigenvalue weighted by atomic mass is 32.1. The predicted octanol–water partition coefficient (Wildman–Crippen LogP) is 4.99.